The van der Waals surface area contributed by atoms with Gasteiger partial charge in [-0.05, 0) is 95.8 Å². The Labute approximate surface area is 263 Å². The maximum Gasteiger partial charge on any atom is 0.136 e. The van der Waals surface area contributed by atoms with Crippen molar-refractivity contribution in [2.45, 2.75) is 64.3 Å². The molecule has 1 aliphatic heterocycles. The van der Waals surface area contributed by atoms with Gasteiger partial charge in [-0.1, -0.05) is 129 Å². The number of carbonyl (C=O) groups is 1. The summed E-state index contributed by atoms with van der Waals surface area (Å²) in [6.45, 7) is 7.75. The van der Waals surface area contributed by atoms with Gasteiger partial charge in [0.2, 0.25) is 0 Å². The van der Waals surface area contributed by atoms with Gasteiger partial charge in [-0.2, -0.15) is 0 Å². The summed E-state index contributed by atoms with van der Waals surface area (Å²) in [7, 11) is 0. The number of Topliss-reactive ketones (excluding diaryl/α,β-unsaturated/α-hetero) is 1. The Balaban J connectivity index is 0.000000143. The Morgan fingerprint density at radius 2 is 1.39 bits per heavy atom. The highest BCUT2D eigenvalue weighted by atomic mass is 16.1. The number of ketones is 1. The molecular formula is C41H46N2O. The van der Waals surface area contributed by atoms with Crippen LogP contribution in [0.15, 0.2) is 121 Å². The molecule has 0 bridgehead atoms. The van der Waals surface area contributed by atoms with Crippen LogP contribution in [0.25, 0.3) is 11.1 Å². The molecular weight excluding hydrogens is 536 g/mol. The van der Waals surface area contributed by atoms with Crippen LogP contribution in [-0.4, -0.2) is 24.9 Å². The third-order valence-electron chi connectivity index (χ3n) is 9.31. The lowest BCUT2D eigenvalue weighted by Gasteiger charge is -2.32. The fraction of sp³-hybridized carbons (Fsp3) is 0.293. The van der Waals surface area contributed by atoms with Gasteiger partial charge in [0, 0.05) is 17.9 Å². The molecule has 0 amide bonds. The normalized spacial score (nSPS) is 17.5. The lowest BCUT2D eigenvalue weighted by atomic mass is 9.83. The van der Waals surface area contributed by atoms with Crippen molar-refractivity contribution >= 4 is 16.9 Å². The smallest absolute Gasteiger partial charge is 0.136 e. The Kier molecular flexibility index (Phi) is 10.8. The second-order valence-electron chi connectivity index (χ2n) is 12.1. The van der Waals surface area contributed by atoms with Crippen LogP contribution in [0.3, 0.4) is 0 Å². The van der Waals surface area contributed by atoms with Crippen molar-refractivity contribution < 1.29 is 4.79 Å². The van der Waals surface area contributed by atoms with E-state index in [1.54, 1.807) is 18.1 Å². The third-order valence-corrected chi connectivity index (χ3v) is 9.31. The van der Waals surface area contributed by atoms with E-state index in [4.69, 9.17) is 5.73 Å². The predicted octanol–water partition coefficient (Wildman–Crippen LogP) is 8.52. The number of benzene rings is 4. The average Bonchev–Trinajstić information content (AvgIpc) is 3.67. The SMILES string of the molecule is CC(=O)C(C)c1ccccc1.CC(c1ccccc1)C1NCCC2=C1Cc1ccccc12.NCCC1=CCc2ccccc21. The summed E-state index contributed by atoms with van der Waals surface area (Å²) in [5.74, 6) is 0.776. The molecule has 3 N–H and O–H groups in total. The molecule has 3 heteroatoms. The van der Waals surface area contributed by atoms with Crippen LogP contribution in [0, 0.1) is 0 Å². The second kappa shape index (κ2) is 15.1. The Hall–Kier alpha value is -4.05. The quantitative estimate of drug-likeness (QED) is 0.240. The Bertz CT molecular complexity index is 1600. The summed E-state index contributed by atoms with van der Waals surface area (Å²) < 4.78 is 0. The van der Waals surface area contributed by atoms with Crippen LogP contribution >= 0.6 is 0 Å². The van der Waals surface area contributed by atoms with Crippen LogP contribution in [-0.2, 0) is 17.6 Å². The molecule has 3 nitrogen and oxygen atoms in total. The number of rotatable bonds is 6. The largest absolute Gasteiger partial charge is 0.330 e. The number of carbonyl (C=O) groups excluding carboxylic acids is 1. The van der Waals surface area contributed by atoms with Crippen LogP contribution in [0.2, 0.25) is 0 Å². The van der Waals surface area contributed by atoms with E-state index in [-0.39, 0.29) is 11.7 Å². The van der Waals surface area contributed by atoms with Gasteiger partial charge in [0.05, 0.1) is 0 Å². The Morgan fingerprint density at radius 3 is 2.05 bits per heavy atom. The van der Waals surface area contributed by atoms with Crippen molar-refractivity contribution in [1.29, 1.82) is 0 Å². The highest BCUT2D eigenvalue weighted by molar-refractivity contribution is 5.82. The third kappa shape index (κ3) is 7.35. The first-order valence-electron chi connectivity index (χ1n) is 16.1. The molecule has 0 saturated carbocycles. The van der Waals surface area contributed by atoms with E-state index in [1.165, 1.54) is 39.8 Å². The molecule has 7 rings (SSSR count). The number of fused-ring (bicyclic) bond motifs is 3. The first-order valence-corrected chi connectivity index (χ1v) is 16.1. The molecule has 3 aliphatic rings. The molecule has 44 heavy (non-hydrogen) atoms. The molecule has 4 aromatic carbocycles. The first kappa shape index (κ1) is 31.4. The fourth-order valence-corrected chi connectivity index (χ4v) is 6.67. The van der Waals surface area contributed by atoms with Crippen molar-refractivity contribution in [1.82, 2.24) is 5.32 Å². The van der Waals surface area contributed by atoms with Crippen molar-refractivity contribution in [2.24, 2.45) is 5.73 Å². The minimum Gasteiger partial charge on any atom is -0.330 e. The van der Waals surface area contributed by atoms with Gasteiger partial charge in [0.15, 0.2) is 0 Å². The highest BCUT2D eigenvalue weighted by Crippen LogP contribution is 2.41. The van der Waals surface area contributed by atoms with Crippen molar-refractivity contribution in [3.63, 3.8) is 0 Å². The number of nitrogens with one attached hydrogen (secondary N) is 1. The molecule has 3 atom stereocenters. The summed E-state index contributed by atoms with van der Waals surface area (Å²) >= 11 is 0. The van der Waals surface area contributed by atoms with E-state index >= 15 is 0 Å². The lowest BCUT2D eigenvalue weighted by Crippen LogP contribution is -2.39. The van der Waals surface area contributed by atoms with Gasteiger partial charge in [0.25, 0.3) is 0 Å². The maximum atomic E-state index is 10.9. The molecule has 1 heterocycles. The van der Waals surface area contributed by atoms with E-state index in [0.717, 1.165) is 37.9 Å². The van der Waals surface area contributed by atoms with Gasteiger partial charge >= 0.3 is 0 Å². The number of allylic oxidation sites excluding steroid dienone is 1. The van der Waals surface area contributed by atoms with Gasteiger partial charge in [0.1, 0.15) is 5.78 Å². The predicted molar refractivity (Wildman–Crippen MR) is 186 cm³/mol. The lowest BCUT2D eigenvalue weighted by molar-refractivity contribution is -0.118. The first-order chi connectivity index (χ1) is 21.5. The topological polar surface area (TPSA) is 55.1 Å². The van der Waals surface area contributed by atoms with Gasteiger partial charge in [-0.25, -0.2) is 0 Å². The monoisotopic (exact) mass is 582 g/mol. The van der Waals surface area contributed by atoms with E-state index in [9.17, 15) is 4.79 Å². The zero-order valence-corrected chi connectivity index (χ0v) is 26.4. The Morgan fingerprint density at radius 1 is 0.795 bits per heavy atom. The molecule has 0 aromatic heterocycles. The van der Waals surface area contributed by atoms with Crippen molar-refractivity contribution in [2.75, 3.05) is 13.1 Å². The minimum atomic E-state index is 0.0381. The molecule has 0 spiro atoms. The molecule has 2 aliphatic carbocycles. The average molecular weight is 583 g/mol. The van der Waals surface area contributed by atoms with Crippen LogP contribution < -0.4 is 11.1 Å². The standard InChI is InChI=1S/C20H21N.C11H13N.C10H12O/c1-14(15-7-3-2-4-8-15)20-19-13-16-9-5-6-10-17(16)18(19)11-12-21-20;12-8-7-10-6-5-9-3-1-2-4-11(9)10;1-8(9(2)11)10-6-4-3-5-7-10/h2-10,14,20-21H,11-13H2,1H3;1-4,6H,5,7-8,12H2;3-8H,1-2H3. The summed E-state index contributed by atoms with van der Waals surface area (Å²) in [4.78, 5) is 10.9. The molecule has 0 saturated heterocycles. The summed E-state index contributed by atoms with van der Waals surface area (Å²) in [6, 6.07) is 38.7. The number of hydrogen-bond donors (Lipinski definition) is 2. The summed E-state index contributed by atoms with van der Waals surface area (Å²) in [5.41, 5.74) is 18.6. The summed E-state index contributed by atoms with van der Waals surface area (Å²) in [5, 5.41) is 3.77. The van der Waals surface area contributed by atoms with Crippen LogP contribution in [0.5, 0.6) is 0 Å². The second-order valence-corrected chi connectivity index (χ2v) is 12.1. The zero-order valence-electron chi connectivity index (χ0n) is 26.4. The number of nitrogens with two attached hydrogens (primary N) is 1. The molecule has 0 radical (unpaired) electrons. The molecule has 4 aromatic rings. The number of hydrogen-bond acceptors (Lipinski definition) is 3. The molecule has 226 valence electrons. The van der Waals surface area contributed by atoms with E-state index in [0.29, 0.717) is 12.0 Å². The van der Waals surface area contributed by atoms with Gasteiger partial charge < -0.3 is 11.1 Å². The molecule has 3 unspecified atom stereocenters. The van der Waals surface area contributed by atoms with E-state index in [1.807, 2.05) is 37.3 Å². The van der Waals surface area contributed by atoms with Gasteiger partial charge in [-0.3, -0.25) is 4.79 Å². The van der Waals surface area contributed by atoms with E-state index < -0.39 is 0 Å². The fourth-order valence-electron chi connectivity index (χ4n) is 6.67. The minimum absolute atomic E-state index is 0.0381. The molecule has 0 fully saturated rings. The van der Waals surface area contributed by atoms with Gasteiger partial charge in [-0.15, -0.1) is 0 Å². The van der Waals surface area contributed by atoms with E-state index in [2.05, 4.69) is 97.2 Å². The summed E-state index contributed by atoms with van der Waals surface area (Å²) in [6.07, 6.45) is 6.69. The van der Waals surface area contributed by atoms with Crippen molar-refractivity contribution in [3.8, 4) is 0 Å². The van der Waals surface area contributed by atoms with Crippen LogP contribution in [0.1, 0.15) is 78.8 Å². The van der Waals surface area contributed by atoms with Crippen LogP contribution in [0.4, 0.5) is 0 Å². The zero-order chi connectivity index (χ0) is 30.9. The maximum absolute atomic E-state index is 10.9. The van der Waals surface area contributed by atoms with Crippen molar-refractivity contribution in [3.05, 3.63) is 154 Å². The highest BCUT2D eigenvalue weighted by Gasteiger charge is 2.32.